The van der Waals surface area contributed by atoms with Gasteiger partial charge in [0, 0.05) is 30.8 Å². The van der Waals surface area contributed by atoms with Gasteiger partial charge in [0.1, 0.15) is 6.10 Å². The summed E-state index contributed by atoms with van der Waals surface area (Å²) in [6.45, 7) is 13.9. The summed E-state index contributed by atoms with van der Waals surface area (Å²) in [6, 6.07) is 0. The quantitative estimate of drug-likeness (QED) is 0.416. The maximum absolute atomic E-state index is 12.5. The van der Waals surface area contributed by atoms with Crippen molar-refractivity contribution in [1.82, 2.24) is 0 Å². The monoisotopic (exact) mass is 358 g/mol. The fourth-order valence-electron chi connectivity index (χ4n) is 3.69. The average Bonchev–Trinajstić information content (AvgIpc) is 2.62. The second-order valence-electron chi connectivity index (χ2n) is 7.44. The number of carbonyl (C=O) groups is 2. The van der Waals surface area contributed by atoms with Crippen LogP contribution in [0, 0.1) is 11.8 Å². The number of hydrogen-bond acceptors (Lipinski definition) is 4. The molecule has 1 aliphatic carbocycles. The molecule has 1 heterocycles. The lowest BCUT2D eigenvalue weighted by Crippen LogP contribution is -2.34. The predicted molar refractivity (Wildman–Crippen MR) is 102 cm³/mol. The highest BCUT2D eigenvalue weighted by atomic mass is 16.5. The first kappa shape index (κ1) is 20.2. The van der Waals surface area contributed by atoms with Crippen molar-refractivity contribution in [1.29, 1.82) is 0 Å². The number of esters is 2. The van der Waals surface area contributed by atoms with Crippen LogP contribution in [0.5, 0.6) is 0 Å². The Labute approximate surface area is 156 Å². The van der Waals surface area contributed by atoms with Crippen LogP contribution in [0.4, 0.5) is 0 Å². The van der Waals surface area contributed by atoms with E-state index in [4.69, 9.17) is 9.47 Å². The van der Waals surface area contributed by atoms with Crippen LogP contribution in [0.3, 0.4) is 0 Å². The van der Waals surface area contributed by atoms with Crippen molar-refractivity contribution in [3.8, 4) is 0 Å². The number of cyclic esters (lactones) is 1. The Balaban J connectivity index is 2.26. The topological polar surface area (TPSA) is 52.6 Å². The SMILES string of the molecule is C=C(C)C(C/C=C1/C(=O)OC[C@H]2C(=C)CCC=C(C)CC[C@H]12)OC(C)=O. The first-order chi connectivity index (χ1) is 12.3. The molecular formula is C22H30O4. The van der Waals surface area contributed by atoms with E-state index < -0.39 is 6.10 Å². The van der Waals surface area contributed by atoms with Crippen molar-refractivity contribution in [2.75, 3.05) is 6.61 Å². The molecule has 0 spiro atoms. The van der Waals surface area contributed by atoms with E-state index in [1.165, 1.54) is 12.5 Å². The van der Waals surface area contributed by atoms with Crippen molar-refractivity contribution >= 4 is 11.9 Å². The minimum Gasteiger partial charge on any atom is -0.462 e. The van der Waals surface area contributed by atoms with Gasteiger partial charge >= 0.3 is 11.9 Å². The number of carbonyl (C=O) groups excluding carboxylic acids is 2. The number of allylic oxidation sites excluding steroid dienone is 2. The molecule has 0 amide bonds. The third kappa shape index (κ3) is 5.20. The Bertz CT molecular complexity index is 653. The van der Waals surface area contributed by atoms with E-state index in [1.807, 2.05) is 13.0 Å². The molecule has 2 rings (SSSR count). The molecule has 4 heteroatoms. The number of ether oxygens (including phenoxy) is 2. The molecule has 0 aromatic rings. The van der Waals surface area contributed by atoms with Crippen LogP contribution in [0.15, 0.2) is 47.6 Å². The Morgan fingerprint density at radius 2 is 2.12 bits per heavy atom. The van der Waals surface area contributed by atoms with E-state index in [9.17, 15) is 9.59 Å². The Kier molecular flexibility index (Phi) is 7.01. The van der Waals surface area contributed by atoms with Gasteiger partial charge in [0.05, 0.1) is 6.61 Å². The standard InChI is InChI=1S/C22H30O4/c1-14(2)21(26-17(5)23)12-11-19-18-10-9-15(3)7-6-8-16(4)20(18)13-25-22(19)24/h7,11,18,20-21H,1,4,6,8-10,12-13H2,2-3,5H3/b15-7?,19-11+/t18-,20+,21?/m1/s1. The van der Waals surface area contributed by atoms with Crippen molar-refractivity contribution in [3.63, 3.8) is 0 Å². The fraction of sp³-hybridized carbons (Fsp3) is 0.545. The molecule has 1 fully saturated rings. The first-order valence-corrected chi connectivity index (χ1v) is 9.32. The van der Waals surface area contributed by atoms with E-state index in [0.717, 1.165) is 36.8 Å². The lowest BCUT2D eigenvalue weighted by Gasteiger charge is -2.34. The van der Waals surface area contributed by atoms with Gasteiger partial charge in [0.15, 0.2) is 0 Å². The van der Waals surface area contributed by atoms with Gasteiger partial charge in [0.25, 0.3) is 0 Å². The molecule has 0 bridgehead atoms. The maximum atomic E-state index is 12.5. The third-order valence-electron chi connectivity index (χ3n) is 5.26. The lowest BCUT2D eigenvalue weighted by atomic mass is 9.76. The van der Waals surface area contributed by atoms with E-state index in [0.29, 0.717) is 18.6 Å². The summed E-state index contributed by atoms with van der Waals surface area (Å²) in [5, 5.41) is 0. The minimum absolute atomic E-state index is 0.105. The number of rotatable bonds is 4. The first-order valence-electron chi connectivity index (χ1n) is 9.32. The van der Waals surface area contributed by atoms with Crippen LogP contribution in [-0.2, 0) is 19.1 Å². The summed E-state index contributed by atoms with van der Waals surface area (Å²) in [5.74, 6) is -0.344. The fourth-order valence-corrected chi connectivity index (χ4v) is 3.69. The van der Waals surface area contributed by atoms with Gasteiger partial charge in [0.2, 0.25) is 0 Å². The average molecular weight is 358 g/mol. The molecule has 3 atom stereocenters. The van der Waals surface area contributed by atoms with Crippen molar-refractivity contribution in [2.45, 2.75) is 59.0 Å². The highest BCUT2D eigenvalue weighted by molar-refractivity contribution is 5.90. The normalized spacial score (nSPS) is 26.6. The van der Waals surface area contributed by atoms with Crippen LogP contribution < -0.4 is 0 Å². The van der Waals surface area contributed by atoms with Crippen LogP contribution in [0.2, 0.25) is 0 Å². The molecule has 0 aromatic carbocycles. The summed E-state index contributed by atoms with van der Waals surface area (Å²) < 4.78 is 10.8. The highest BCUT2D eigenvalue weighted by Gasteiger charge is 2.36. The minimum atomic E-state index is -0.422. The van der Waals surface area contributed by atoms with Gasteiger partial charge in [-0.3, -0.25) is 4.79 Å². The maximum Gasteiger partial charge on any atom is 0.334 e. The second kappa shape index (κ2) is 9.02. The number of hydrogen-bond donors (Lipinski definition) is 0. The summed E-state index contributed by atoms with van der Waals surface area (Å²) >= 11 is 0. The van der Waals surface area contributed by atoms with E-state index in [2.05, 4.69) is 26.2 Å². The molecular weight excluding hydrogens is 328 g/mol. The van der Waals surface area contributed by atoms with Crippen molar-refractivity contribution < 1.29 is 19.1 Å². The predicted octanol–water partition coefficient (Wildman–Crippen LogP) is 4.68. The van der Waals surface area contributed by atoms with Crippen LogP contribution in [-0.4, -0.2) is 24.6 Å². The van der Waals surface area contributed by atoms with Gasteiger partial charge in [-0.15, -0.1) is 0 Å². The third-order valence-corrected chi connectivity index (χ3v) is 5.26. The Morgan fingerprint density at radius 3 is 2.77 bits per heavy atom. The largest absolute Gasteiger partial charge is 0.462 e. The molecule has 0 radical (unpaired) electrons. The van der Waals surface area contributed by atoms with Gasteiger partial charge in [-0.05, 0) is 45.1 Å². The van der Waals surface area contributed by atoms with Crippen molar-refractivity contribution in [3.05, 3.63) is 47.6 Å². The zero-order valence-corrected chi connectivity index (χ0v) is 16.2. The molecule has 4 nitrogen and oxygen atoms in total. The summed E-state index contributed by atoms with van der Waals surface area (Å²) in [7, 11) is 0. The molecule has 1 saturated heterocycles. The smallest absolute Gasteiger partial charge is 0.334 e. The Hall–Kier alpha value is -2.10. The second-order valence-corrected chi connectivity index (χ2v) is 7.44. The molecule has 1 aliphatic heterocycles. The summed E-state index contributed by atoms with van der Waals surface area (Å²) in [4.78, 5) is 23.8. The summed E-state index contributed by atoms with van der Waals surface area (Å²) in [6.07, 6.45) is 7.94. The van der Waals surface area contributed by atoms with Crippen LogP contribution in [0.25, 0.3) is 0 Å². The number of fused-ring (bicyclic) bond motifs is 1. The van der Waals surface area contributed by atoms with Gasteiger partial charge in [-0.2, -0.15) is 0 Å². The van der Waals surface area contributed by atoms with E-state index >= 15 is 0 Å². The molecule has 1 unspecified atom stereocenters. The van der Waals surface area contributed by atoms with E-state index in [-0.39, 0.29) is 23.8 Å². The van der Waals surface area contributed by atoms with Gasteiger partial charge in [-0.1, -0.05) is 36.5 Å². The van der Waals surface area contributed by atoms with Crippen LogP contribution >= 0.6 is 0 Å². The van der Waals surface area contributed by atoms with E-state index in [1.54, 1.807) is 0 Å². The molecule has 0 N–H and O–H groups in total. The highest BCUT2D eigenvalue weighted by Crippen LogP contribution is 2.39. The van der Waals surface area contributed by atoms with Crippen LogP contribution in [0.1, 0.15) is 52.9 Å². The van der Waals surface area contributed by atoms with Gasteiger partial charge < -0.3 is 9.47 Å². The molecule has 2 aliphatic rings. The molecule has 26 heavy (non-hydrogen) atoms. The Morgan fingerprint density at radius 1 is 1.38 bits per heavy atom. The summed E-state index contributed by atoms with van der Waals surface area (Å²) in [5.41, 5.74) is 3.96. The molecule has 142 valence electrons. The zero-order chi connectivity index (χ0) is 19.3. The molecule has 0 aromatic heterocycles. The van der Waals surface area contributed by atoms with Gasteiger partial charge in [-0.25, -0.2) is 4.79 Å². The lowest BCUT2D eigenvalue weighted by molar-refractivity contribution is -0.145. The molecule has 0 saturated carbocycles. The zero-order valence-electron chi connectivity index (χ0n) is 16.2. The van der Waals surface area contributed by atoms with Crippen molar-refractivity contribution in [2.24, 2.45) is 11.8 Å².